The van der Waals surface area contributed by atoms with E-state index in [1.54, 1.807) is 66.7 Å². The van der Waals surface area contributed by atoms with E-state index in [0.717, 1.165) is 0 Å². The Morgan fingerprint density at radius 2 is 1.21 bits per heavy atom. The van der Waals surface area contributed by atoms with Crippen LogP contribution in [-0.2, 0) is 28.5 Å². The number of hydrogen-bond donors (Lipinski definition) is 1. The van der Waals surface area contributed by atoms with E-state index in [9.17, 15) is 24.0 Å². The summed E-state index contributed by atoms with van der Waals surface area (Å²) < 4.78 is 23.2. The molecule has 5 rings (SSSR count). The van der Waals surface area contributed by atoms with E-state index in [-0.39, 0.29) is 22.4 Å². The zero-order valence-corrected chi connectivity index (χ0v) is 22.4. The van der Waals surface area contributed by atoms with Gasteiger partial charge in [0.15, 0.2) is 12.2 Å². The van der Waals surface area contributed by atoms with Gasteiger partial charge in [-0.15, -0.1) is 0 Å². The summed E-state index contributed by atoms with van der Waals surface area (Å²) in [5.41, 5.74) is 0.622. The van der Waals surface area contributed by atoms with E-state index in [4.69, 9.17) is 18.9 Å². The first-order valence-corrected chi connectivity index (χ1v) is 13.1. The Balaban J connectivity index is 1.48. The highest BCUT2D eigenvalue weighted by atomic mass is 16.7. The molecule has 2 aliphatic rings. The first-order valence-electron chi connectivity index (χ1n) is 13.1. The highest BCUT2D eigenvalue weighted by Crippen LogP contribution is 2.32. The molecule has 0 bridgehead atoms. The first kappa shape index (κ1) is 28.4. The van der Waals surface area contributed by atoms with Gasteiger partial charge in [-0.05, 0) is 43.3 Å². The van der Waals surface area contributed by atoms with Crippen molar-refractivity contribution in [2.24, 2.45) is 4.99 Å². The van der Waals surface area contributed by atoms with Crippen LogP contribution in [0.4, 0.5) is 0 Å². The second kappa shape index (κ2) is 12.6. The Labute approximate surface area is 240 Å². The monoisotopic (exact) mass is 570 g/mol. The minimum absolute atomic E-state index is 0.0486. The van der Waals surface area contributed by atoms with Crippen LogP contribution in [0.15, 0.2) is 96.0 Å². The topological polar surface area (TPSA) is 147 Å². The summed E-state index contributed by atoms with van der Waals surface area (Å²) in [6.45, 7) is 0.954. The highest BCUT2D eigenvalue weighted by Gasteiger charge is 2.55. The maximum Gasteiger partial charge on any atom is 0.338 e. The summed E-state index contributed by atoms with van der Waals surface area (Å²) in [5, 5.41) is 2.53. The van der Waals surface area contributed by atoms with Crippen molar-refractivity contribution in [3.8, 4) is 0 Å². The average molecular weight is 571 g/mol. The molecule has 0 aromatic heterocycles. The van der Waals surface area contributed by atoms with Crippen LogP contribution in [0.5, 0.6) is 0 Å². The molecule has 11 nitrogen and oxygen atoms in total. The van der Waals surface area contributed by atoms with Crippen LogP contribution in [0, 0.1) is 0 Å². The molecule has 11 heteroatoms. The summed E-state index contributed by atoms with van der Waals surface area (Å²) in [6.07, 6.45) is -5.25. The van der Waals surface area contributed by atoms with Gasteiger partial charge in [0, 0.05) is 0 Å². The molecule has 0 spiro atoms. The van der Waals surface area contributed by atoms with Crippen molar-refractivity contribution in [1.29, 1.82) is 0 Å². The largest absolute Gasteiger partial charge is 0.459 e. The van der Waals surface area contributed by atoms with Gasteiger partial charge in [0.2, 0.25) is 0 Å². The number of esters is 3. The SMILES string of the molecule is CC1=NC(=O)[C@H]([C@@H]2O[C@@H](COC(=O)c3ccccc3)[C@@H](OC(=O)c3ccccc3)[C@H]2OC(=O)c2ccccc2)NC1=O. The van der Waals surface area contributed by atoms with Gasteiger partial charge in [-0.1, -0.05) is 54.6 Å². The lowest BCUT2D eigenvalue weighted by Crippen LogP contribution is -2.57. The molecule has 214 valence electrons. The van der Waals surface area contributed by atoms with Crippen molar-refractivity contribution in [2.75, 3.05) is 6.61 Å². The van der Waals surface area contributed by atoms with Crippen molar-refractivity contribution in [3.63, 3.8) is 0 Å². The normalized spacial score (nSPS) is 23.4. The lowest BCUT2D eigenvalue weighted by molar-refractivity contribution is -0.132. The Kier molecular flexibility index (Phi) is 8.49. The number of aliphatic imine (C=N–C) groups is 1. The van der Waals surface area contributed by atoms with E-state index in [1.165, 1.54) is 31.2 Å². The molecule has 1 fully saturated rings. The number of nitrogens with one attached hydrogen (secondary N) is 1. The summed E-state index contributed by atoms with van der Waals surface area (Å²) in [4.78, 5) is 68.2. The van der Waals surface area contributed by atoms with E-state index < -0.39 is 66.8 Å². The fraction of sp³-hybridized carbons (Fsp3) is 0.226. The van der Waals surface area contributed by atoms with Gasteiger partial charge in [-0.2, -0.15) is 0 Å². The maximum absolute atomic E-state index is 13.2. The smallest absolute Gasteiger partial charge is 0.338 e. The predicted molar refractivity (Wildman–Crippen MR) is 147 cm³/mol. The van der Waals surface area contributed by atoms with Crippen molar-refractivity contribution in [2.45, 2.75) is 37.4 Å². The third-order valence-electron chi connectivity index (χ3n) is 6.73. The minimum Gasteiger partial charge on any atom is -0.459 e. The molecule has 2 aliphatic heterocycles. The van der Waals surface area contributed by atoms with Gasteiger partial charge < -0.3 is 24.3 Å². The summed E-state index contributed by atoms with van der Waals surface area (Å²) in [6, 6.07) is 23.0. The molecular formula is C31H26N2O9. The third-order valence-corrected chi connectivity index (χ3v) is 6.73. The predicted octanol–water partition coefficient (Wildman–Crippen LogP) is 2.55. The molecule has 2 amide bonds. The lowest BCUT2D eigenvalue weighted by atomic mass is 9.99. The Bertz CT molecular complexity index is 1510. The van der Waals surface area contributed by atoms with Crippen LogP contribution >= 0.6 is 0 Å². The number of rotatable bonds is 8. The molecule has 5 atom stereocenters. The Morgan fingerprint density at radius 3 is 1.74 bits per heavy atom. The van der Waals surface area contributed by atoms with Crippen LogP contribution in [0.2, 0.25) is 0 Å². The van der Waals surface area contributed by atoms with Gasteiger partial charge in [0.25, 0.3) is 11.8 Å². The number of nitrogens with zero attached hydrogens (tertiary/aromatic N) is 1. The number of ether oxygens (including phenoxy) is 4. The van der Waals surface area contributed by atoms with Gasteiger partial charge in [-0.25, -0.2) is 19.4 Å². The van der Waals surface area contributed by atoms with Gasteiger partial charge in [0.05, 0.1) is 16.7 Å². The van der Waals surface area contributed by atoms with Crippen LogP contribution in [0.1, 0.15) is 38.0 Å². The third kappa shape index (κ3) is 6.26. The zero-order valence-electron chi connectivity index (χ0n) is 22.4. The van der Waals surface area contributed by atoms with Crippen molar-refractivity contribution in [3.05, 3.63) is 108 Å². The number of carbonyl (C=O) groups excluding carboxylic acids is 5. The second-order valence-electron chi connectivity index (χ2n) is 9.56. The number of carbonyl (C=O) groups is 5. The molecule has 0 saturated carbocycles. The summed E-state index contributed by atoms with van der Waals surface area (Å²) >= 11 is 0. The molecule has 42 heavy (non-hydrogen) atoms. The number of amides is 2. The van der Waals surface area contributed by atoms with Gasteiger partial charge >= 0.3 is 17.9 Å². The molecule has 2 heterocycles. The minimum atomic E-state index is -1.39. The number of hydrogen-bond acceptors (Lipinski definition) is 9. The molecule has 1 N–H and O–H groups in total. The van der Waals surface area contributed by atoms with Crippen molar-refractivity contribution in [1.82, 2.24) is 5.32 Å². The second-order valence-corrected chi connectivity index (χ2v) is 9.56. The lowest BCUT2D eigenvalue weighted by Gasteiger charge is -2.29. The summed E-state index contributed by atoms with van der Waals surface area (Å²) in [7, 11) is 0. The fourth-order valence-corrected chi connectivity index (χ4v) is 4.60. The Morgan fingerprint density at radius 1 is 0.738 bits per heavy atom. The van der Waals surface area contributed by atoms with E-state index in [2.05, 4.69) is 10.3 Å². The van der Waals surface area contributed by atoms with Crippen molar-refractivity contribution < 1.29 is 42.9 Å². The van der Waals surface area contributed by atoms with Gasteiger partial charge in [0.1, 0.15) is 30.6 Å². The summed E-state index contributed by atoms with van der Waals surface area (Å²) in [5.74, 6) is -3.58. The zero-order chi connectivity index (χ0) is 29.6. The fourth-order valence-electron chi connectivity index (χ4n) is 4.60. The van der Waals surface area contributed by atoms with E-state index in [0.29, 0.717) is 0 Å². The quantitative estimate of drug-likeness (QED) is 0.319. The molecular weight excluding hydrogens is 544 g/mol. The van der Waals surface area contributed by atoms with Gasteiger partial charge in [-0.3, -0.25) is 9.59 Å². The Hall–Kier alpha value is -5.16. The standard InChI is InChI=1S/C31H26N2O9/c1-18-27(34)33-23(28(35)32-18)25-26(42-31(38)21-15-9-4-10-16-21)24(41-30(37)20-13-7-3-8-14-20)22(40-25)17-39-29(36)19-11-5-2-6-12-19/h2-16,22-26H,17H2,1H3,(H,33,34)/t22-,23-,24+,25-,26+/m0/s1. The first-order chi connectivity index (χ1) is 20.3. The van der Waals surface area contributed by atoms with E-state index >= 15 is 0 Å². The molecule has 0 unspecified atom stereocenters. The van der Waals surface area contributed by atoms with E-state index in [1.807, 2.05) is 0 Å². The highest BCUT2D eigenvalue weighted by molar-refractivity contribution is 6.41. The van der Waals surface area contributed by atoms with Crippen LogP contribution < -0.4 is 5.32 Å². The van der Waals surface area contributed by atoms with Crippen LogP contribution in [0.3, 0.4) is 0 Å². The molecule has 3 aromatic carbocycles. The van der Waals surface area contributed by atoms with Crippen molar-refractivity contribution >= 4 is 35.4 Å². The average Bonchev–Trinajstić information content (AvgIpc) is 3.34. The molecule has 0 aliphatic carbocycles. The molecule has 1 saturated heterocycles. The molecule has 0 radical (unpaired) electrons. The number of benzene rings is 3. The van der Waals surface area contributed by atoms with Crippen LogP contribution in [0.25, 0.3) is 0 Å². The molecule has 3 aromatic rings. The van der Waals surface area contributed by atoms with Crippen LogP contribution in [-0.4, -0.2) is 72.5 Å². The maximum atomic E-state index is 13.2.